The van der Waals surface area contributed by atoms with Gasteiger partial charge < -0.3 is 10.2 Å². The average molecular weight is 380 g/mol. The normalized spacial score (nSPS) is 17.9. The Hall–Kier alpha value is -2.86. The zero-order chi connectivity index (χ0) is 19.5. The Kier molecular flexibility index (Phi) is 5.30. The Balaban J connectivity index is 1.33. The minimum absolute atomic E-state index is 0.00460. The highest BCUT2D eigenvalue weighted by Gasteiger charge is 2.31. The highest BCUT2D eigenvalue weighted by atomic mass is 17.2. The fourth-order valence-electron chi connectivity index (χ4n) is 4.02. The van der Waals surface area contributed by atoms with Crippen molar-refractivity contribution in [1.82, 2.24) is 10.2 Å². The van der Waals surface area contributed by atoms with Crippen LogP contribution in [0.3, 0.4) is 0 Å². The molecule has 1 N–H and O–H groups in total. The van der Waals surface area contributed by atoms with Crippen LogP contribution in [0.2, 0.25) is 0 Å². The number of hydrogen-bond acceptors (Lipinski definition) is 4. The Labute approximate surface area is 164 Å². The van der Waals surface area contributed by atoms with Crippen LogP contribution in [-0.2, 0) is 14.6 Å². The average Bonchev–Trinajstić information content (AvgIpc) is 3.31. The number of nitrogens with zero attached hydrogens (tertiary/aromatic N) is 1. The number of likely N-dealkylation sites (tertiary alicyclic amines) is 1. The molecule has 0 saturated carbocycles. The fraction of sp³-hybridized carbons (Fsp3) is 0.364. The van der Waals surface area contributed by atoms with E-state index in [1.54, 1.807) is 4.90 Å². The number of amides is 2. The second-order valence-corrected chi connectivity index (χ2v) is 7.21. The van der Waals surface area contributed by atoms with Crippen LogP contribution < -0.4 is 5.32 Å². The molecule has 0 bridgehead atoms. The van der Waals surface area contributed by atoms with Crippen molar-refractivity contribution in [2.24, 2.45) is 0 Å². The Morgan fingerprint density at radius 2 is 1.71 bits per heavy atom. The molecule has 2 amide bonds. The quantitative estimate of drug-likeness (QED) is 0.637. The summed E-state index contributed by atoms with van der Waals surface area (Å²) in [7, 11) is 0. The van der Waals surface area contributed by atoms with Gasteiger partial charge in [0.15, 0.2) is 0 Å². The SMILES string of the molecule is CCC(=O)NC1CCN(C(=O)OOCC2c3ccccc3-c3ccccc32)C1. The van der Waals surface area contributed by atoms with Gasteiger partial charge in [-0.3, -0.25) is 9.68 Å². The highest BCUT2D eigenvalue weighted by Crippen LogP contribution is 2.44. The zero-order valence-corrected chi connectivity index (χ0v) is 15.9. The van der Waals surface area contributed by atoms with Gasteiger partial charge in [0.2, 0.25) is 5.91 Å². The molecule has 1 atom stereocenters. The molecule has 1 aliphatic heterocycles. The van der Waals surface area contributed by atoms with Crippen molar-refractivity contribution >= 4 is 12.0 Å². The van der Waals surface area contributed by atoms with Gasteiger partial charge in [0.25, 0.3) is 0 Å². The van der Waals surface area contributed by atoms with E-state index in [1.165, 1.54) is 22.3 Å². The van der Waals surface area contributed by atoms with Crippen molar-refractivity contribution in [3.05, 3.63) is 59.7 Å². The molecular formula is C22H24N2O4. The third-order valence-corrected chi connectivity index (χ3v) is 5.46. The number of rotatable bonds is 5. The van der Waals surface area contributed by atoms with Crippen molar-refractivity contribution in [2.75, 3.05) is 19.7 Å². The monoisotopic (exact) mass is 380 g/mol. The van der Waals surface area contributed by atoms with Gasteiger partial charge in [0.1, 0.15) is 6.61 Å². The minimum atomic E-state index is -0.507. The van der Waals surface area contributed by atoms with Gasteiger partial charge in [-0.25, -0.2) is 4.79 Å². The second kappa shape index (κ2) is 8.02. The number of carbonyl (C=O) groups is 2. The minimum Gasteiger partial charge on any atom is -0.352 e. The molecule has 146 valence electrons. The number of hydrogen-bond donors (Lipinski definition) is 1. The Morgan fingerprint density at radius 1 is 1.07 bits per heavy atom. The molecule has 2 aliphatic rings. The van der Waals surface area contributed by atoms with E-state index in [9.17, 15) is 9.59 Å². The van der Waals surface area contributed by atoms with Gasteiger partial charge in [0, 0.05) is 31.5 Å². The summed E-state index contributed by atoms with van der Waals surface area (Å²) >= 11 is 0. The van der Waals surface area contributed by atoms with Crippen molar-refractivity contribution in [3.8, 4) is 11.1 Å². The first-order chi connectivity index (χ1) is 13.7. The molecule has 6 heteroatoms. The maximum Gasteiger partial charge on any atom is 0.441 e. The molecule has 0 spiro atoms. The van der Waals surface area contributed by atoms with E-state index in [2.05, 4.69) is 29.6 Å². The molecule has 0 radical (unpaired) electrons. The summed E-state index contributed by atoms with van der Waals surface area (Å²) in [5.74, 6) is 0.0328. The van der Waals surface area contributed by atoms with Crippen LogP contribution in [0.4, 0.5) is 4.79 Å². The van der Waals surface area contributed by atoms with E-state index in [4.69, 9.17) is 9.78 Å². The van der Waals surface area contributed by atoms with Gasteiger partial charge in [-0.15, -0.1) is 0 Å². The lowest BCUT2D eigenvalue weighted by atomic mass is 9.98. The summed E-state index contributed by atoms with van der Waals surface area (Å²) in [6, 6.07) is 16.5. The predicted octanol–water partition coefficient (Wildman–Crippen LogP) is 3.47. The summed E-state index contributed by atoms with van der Waals surface area (Å²) in [6.45, 7) is 3.07. The molecule has 1 heterocycles. The first-order valence-corrected chi connectivity index (χ1v) is 9.73. The summed E-state index contributed by atoms with van der Waals surface area (Å²) < 4.78 is 0. The molecule has 0 aromatic heterocycles. The third kappa shape index (κ3) is 3.60. The molecule has 2 aromatic rings. The third-order valence-electron chi connectivity index (χ3n) is 5.46. The maximum absolute atomic E-state index is 12.3. The lowest BCUT2D eigenvalue weighted by molar-refractivity contribution is -0.246. The van der Waals surface area contributed by atoms with Crippen LogP contribution in [0.25, 0.3) is 11.1 Å². The molecule has 1 aliphatic carbocycles. The van der Waals surface area contributed by atoms with Crippen LogP contribution in [-0.4, -0.2) is 42.6 Å². The topological polar surface area (TPSA) is 67.9 Å². The lowest BCUT2D eigenvalue weighted by Crippen LogP contribution is -2.38. The number of fused-ring (bicyclic) bond motifs is 3. The molecule has 1 unspecified atom stereocenters. The summed E-state index contributed by atoms with van der Waals surface area (Å²) in [4.78, 5) is 35.8. The Bertz CT molecular complexity index is 837. The van der Waals surface area contributed by atoms with Crippen molar-refractivity contribution in [1.29, 1.82) is 0 Å². The predicted molar refractivity (Wildman–Crippen MR) is 105 cm³/mol. The van der Waals surface area contributed by atoms with E-state index in [1.807, 2.05) is 31.2 Å². The van der Waals surface area contributed by atoms with E-state index < -0.39 is 6.09 Å². The van der Waals surface area contributed by atoms with Gasteiger partial charge in [0.05, 0.1) is 0 Å². The fourth-order valence-corrected chi connectivity index (χ4v) is 4.02. The van der Waals surface area contributed by atoms with Crippen LogP contribution >= 0.6 is 0 Å². The van der Waals surface area contributed by atoms with Gasteiger partial charge >= 0.3 is 6.09 Å². The number of nitrogens with one attached hydrogen (secondary N) is 1. The highest BCUT2D eigenvalue weighted by molar-refractivity contribution is 5.79. The largest absolute Gasteiger partial charge is 0.441 e. The number of carbonyl (C=O) groups excluding carboxylic acids is 2. The summed E-state index contributed by atoms with van der Waals surface area (Å²) in [5, 5.41) is 2.91. The first-order valence-electron chi connectivity index (χ1n) is 9.73. The second-order valence-electron chi connectivity index (χ2n) is 7.21. The molecular weight excluding hydrogens is 356 g/mol. The van der Waals surface area contributed by atoms with Gasteiger partial charge in [-0.1, -0.05) is 55.5 Å². The van der Waals surface area contributed by atoms with Crippen molar-refractivity contribution < 1.29 is 19.4 Å². The van der Waals surface area contributed by atoms with E-state index in [0.29, 0.717) is 19.5 Å². The van der Waals surface area contributed by atoms with E-state index in [-0.39, 0.29) is 24.5 Å². The van der Waals surface area contributed by atoms with Crippen LogP contribution in [0, 0.1) is 0 Å². The van der Waals surface area contributed by atoms with Crippen LogP contribution in [0.1, 0.15) is 36.8 Å². The van der Waals surface area contributed by atoms with Gasteiger partial charge in [-0.2, -0.15) is 4.89 Å². The summed E-state index contributed by atoms with van der Waals surface area (Å²) in [5.41, 5.74) is 4.77. The molecule has 1 fully saturated rings. The van der Waals surface area contributed by atoms with Crippen molar-refractivity contribution in [3.63, 3.8) is 0 Å². The molecule has 6 nitrogen and oxygen atoms in total. The number of benzene rings is 2. The standard InChI is InChI=1S/C22H24N2O4/c1-2-21(25)23-15-11-12-24(13-15)22(26)28-27-14-20-18-9-5-3-7-16(18)17-8-4-6-10-19(17)20/h3-10,15,20H,2,11-14H2,1H3,(H,23,25). The molecule has 28 heavy (non-hydrogen) atoms. The Morgan fingerprint density at radius 3 is 2.36 bits per heavy atom. The molecule has 1 saturated heterocycles. The van der Waals surface area contributed by atoms with Gasteiger partial charge in [-0.05, 0) is 28.7 Å². The zero-order valence-electron chi connectivity index (χ0n) is 15.9. The smallest absolute Gasteiger partial charge is 0.352 e. The lowest BCUT2D eigenvalue weighted by Gasteiger charge is -2.17. The van der Waals surface area contributed by atoms with Crippen LogP contribution in [0.5, 0.6) is 0 Å². The van der Waals surface area contributed by atoms with Crippen LogP contribution in [0.15, 0.2) is 48.5 Å². The molecule has 2 aromatic carbocycles. The van der Waals surface area contributed by atoms with E-state index in [0.717, 1.165) is 6.42 Å². The summed E-state index contributed by atoms with van der Waals surface area (Å²) in [6.07, 6.45) is 0.659. The maximum atomic E-state index is 12.3. The molecule has 4 rings (SSSR count). The first kappa shape index (κ1) is 18.5. The van der Waals surface area contributed by atoms with E-state index >= 15 is 0 Å². The van der Waals surface area contributed by atoms with Crippen molar-refractivity contribution in [2.45, 2.75) is 31.7 Å².